The van der Waals surface area contributed by atoms with Crippen LogP contribution < -0.4 is 0 Å². The molecular formula is C68H108NO8+. The monoisotopic (exact) mass is 1070 g/mol. The molecule has 0 rings (SSSR count). The van der Waals surface area contributed by atoms with E-state index in [9.17, 15) is 19.5 Å². The number of allylic oxidation sites excluding steroid dienone is 26. The van der Waals surface area contributed by atoms with Crippen LogP contribution in [0.25, 0.3) is 0 Å². The van der Waals surface area contributed by atoms with Crippen LogP contribution in [-0.4, -0.2) is 87.4 Å². The van der Waals surface area contributed by atoms with Crippen LogP contribution in [0.5, 0.6) is 0 Å². The first-order valence-electron chi connectivity index (χ1n) is 29.6. The van der Waals surface area contributed by atoms with E-state index in [1.165, 1.54) is 25.7 Å². The summed E-state index contributed by atoms with van der Waals surface area (Å²) in [6.07, 6.45) is 82.0. The van der Waals surface area contributed by atoms with Gasteiger partial charge in [0.05, 0.1) is 34.4 Å². The summed E-state index contributed by atoms with van der Waals surface area (Å²) in [4.78, 5) is 37.3. The van der Waals surface area contributed by atoms with Gasteiger partial charge in [0.1, 0.15) is 13.2 Å². The fourth-order valence-corrected chi connectivity index (χ4v) is 7.29. The van der Waals surface area contributed by atoms with E-state index in [2.05, 4.69) is 172 Å². The molecule has 0 spiro atoms. The number of hydrogen-bond acceptors (Lipinski definition) is 7. The molecule has 2 atom stereocenters. The molecule has 0 aliphatic carbocycles. The van der Waals surface area contributed by atoms with Gasteiger partial charge in [0, 0.05) is 12.8 Å². The standard InChI is InChI=1S/C68H107NO8/c1-6-8-10-12-14-16-18-20-21-22-23-24-25-26-27-28-29-30-31-32-33-34-35-36-37-38-39-40-41-42-43-44-45-47-49-51-53-55-57-59-66(71)77-64(63-76-68(67(72)73)74-61-60-69(3,4)5)62-75-65(70)58-56-54-52-50-48-46-19-17-15-13-11-9-7-2/h8-11,14-17,20-21,23-24,26-27,29-30,32-33,35-36,38-39,41-42,46,48,64,68H,6-7,12-13,18-19,22,25,28,31,34,37,40,43-45,47,49-63H2,1-5H3/p+1/b10-8-,11-9-,16-14-,17-15-,21-20-,24-23-,27-26-,30-29-,33-32-,36-35-,39-38-,42-41-,48-46-. The summed E-state index contributed by atoms with van der Waals surface area (Å²) in [5, 5.41) is 9.68. The zero-order valence-corrected chi connectivity index (χ0v) is 49.0. The molecule has 0 heterocycles. The minimum atomic E-state index is -1.53. The van der Waals surface area contributed by atoms with Crippen molar-refractivity contribution in [2.24, 2.45) is 0 Å². The van der Waals surface area contributed by atoms with Gasteiger partial charge in [-0.1, -0.05) is 217 Å². The summed E-state index contributed by atoms with van der Waals surface area (Å²) in [6, 6.07) is 0. The number of esters is 2. The number of unbranched alkanes of at least 4 members (excludes halogenated alkanes) is 11. The molecule has 77 heavy (non-hydrogen) atoms. The zero-order chi connectivity index (χ0) is 56.2. The zero-order valence-electron chi connectivity index (χ0n) is 49.0. The van der Waals surface area contributed by atoms with E-state index >= 15 is 0 Å². The lowest BCUT2D eigenvalue weighted by Crippen LogP contribution is -2.40. The summed E-state index contributed by atoms with van der Waals surface area (Å²) < 4.78 is 22.8. The lowest BCUT2D eigenvalue weighted by atomic mass is 10.1. The number of aliphatic carboxylic acids is 1. The first-order chi connectivity index (χ1) is 37.6. The SMILES string of the molecule is CC/C=C\C/C=C\C/C=C\C/C=C\C/C=C\C/C=C\C/C=C\C/C=C\C/C=C\C/C=C\CCCCCCCCCCC(=O)OC(COC(=O)CCCCC/C=C\C/C=C\C/C=C\CC)COC(OCC[N+](C)(C)C)C(=O)O. The van der Waals surface area contributed by atoms with Crippen molar-refractivity contribution in [2.45, 2.75) is 206 Å². The maximum absolute atomic E-state index is 12.9. The quantitative estimate of drug-likeness (QED) is 0.0211. The Balaban J connectivity index is 4.20. The van der Waals surface area contributed by atoms with E-state index in [1.807, 2.05) is 21.1 Å². The molecular weight excluding hydrogens is 959 g/mol. The highest BCUT2D eigenvalue weighted by molar-refractivity contribution is 5.71. The lowest BCUT2D eigenvalue weighted by molar-refractivity contribution is -0.870. The third-order valence-electron chi connectivity index (χ3n) is 11.8. The molecule has 0 amide bonds. The molecule has 0 saturated heterocycles. The van der Waals surface area contributed by atoms with E-state index in [0.717, 1.165) is 128 Å². The summed E-state index contributed by atoms with van der Waals surface area (Å²) >= 11 is 0. The number of hydrogen-bond donors (Lipinski definition) is 1. The first kappa shape index (κ1) is 71.9. The van der Waals surface area contributed by atoms with Crippen LogP contribution in [0.3, 0.4) is 0 Å². The Morgan fingerprint density at radius 1 is 0.390 bits per heavy atom. The van der Waals surface area contributed by atoms with Crippen LogP contribution in [0.2, 0.25) is 0 Å². The Bertz CT molecular complexity index is 1810. The van der Waals surface area contributed by atoms with Gasteiger partial charge >= 0.3 is 17.9 Å². The van der Waals surface area contributed by atoms with Crippen molar-refractivity contribution in [3.8, 4) is 0 Å². The van der Waals surface area contributed by atoms with Crippen LogP contribution in [0.1, 0.15) is 194 Å². The maximum atomic E-state index is 12.9. The van der Waals surface area contributed by atoms with Crippen molar-refractivity contribution in [3.05, 3.63) is 158 Å². The van der Waals surface area contributed by atoms with Gasteiger partial charge < -0.3 is 28.5 Å². The fraction of sp³-hybridized carbons (Fsp3) is 0.574. The normalized spacial score (nSPS) is 13.9. The molecule has 0 aliphatic rings. The second kappa shape index (κ2) is 57.1. The third-order valence-corrected chi connectivity index (χ3v) is 11.8. The summed E-state index contributed by atoms with van der Waals surface area (Å²) in [5.74, 6) is -2.08. The minimum Gasteiger partial charge on any atom is -0.477 e. The average molecular weight is 1070 g/mol. The second-order valence-electron chi connectivity index (χ2n) is 20.2. The molecule has 0 aliphatic heterocycles. The number of ether oxygens (including phenoxy) is 4. The number of carbonyl (C=O) groups is 3. The highest BCUT2D eigenvalue weighted by Crippen LogP contribution is 2.13. The van der Waals surface area contributed by atoms with Crippen molar-refractivity contribution >= 4 is 17.9 Å². The van der Waals surface area contributed by atoms with Gasteiger partial charge in [0.2, 0.25) is 0 Å². The van der Waals surface area contributed by atoms with E-state index in [1.54, 1.807) is 0 Å². The highest BCUT2D eigenvalue weighted by atomic mass is 16.7. The molecule has 0 bridgehead atoms. The number of carboxylic acid groups (broad SMARTS) is 1. The lowest BCUT2D eigenvalue weighted by Gasteiger charge is -2.25. The van der Waals surface area contributed by atoms with E-state index in [0.29, 0.717) is 23.9 Å². The molecule has 1 N–H and O–H groups in total. The average Bonchev–Trinajstić information content (AvgIpc) is 3.40. The van der Waals surface area contributed by atoms with Crippen molar-refractivity contribution in [1.82, 2.24) is 0 Å². The predicted octanol–water partition coefficient (Wildman–Crippen LogP) is 17.8. The number of carbonyl (C=O) groups excluding carboxylic acids is 2. The van der Waals surface area contributed by atoms with Crippen molar-refractivity contribution in [1.29, 1.82) is 0 Å². The number of carboxylic acids is 1. The molecule has 0 aromatic heterocycles. The van der Waals surface area contributed by atoms with Gasteiger partial charge in [-0.05, 0) is 122 Å². The number of likely N-dealkylation sites (N-methyl/N-ethyl adjacent to an activating group) is 1. The second-order valence-corrected chi connectivity index (χ2v) is 20.2. The predicted molar refractivity (Wildman–Crippen MR) is 327 cm³/mol. The van der Waals surface area contributed by atoms with Gasteiger partial charge in [0.15, 0.2) is 6.10 Å². The smallest absolute Gasteiger partial charge is 0.361 e. The molecule has 0 saturated carbocycles. The molecule has 432 valence electrons. The number of nitrogens with zero attached hydrogens (tertiary/aromatic N) is 1. The Labute approximate surface area is 470 Å². The minimum absolute atomic E-state index is 0.172. The largest absolute Gasteiger partial charge is 0.477 e. The molecule has 0 aromatic carbocycles. The third kappa shape index (κ3) is 58.4. The van der Waals surface area contributed by atoms with Gasteiger partial charge in [-0.2, -0.15) is 0 Å². The summed E-state index contributed by atoms with van der Waals surface area (Å²) in [7, 11) is 5.94. The highest BCUT2D eigenvalue weighted by Gasteiger charge is 2.25. The van der Waals surface area contributed by atoms with Crippen LogP contribution in [-0.2, 0) is 33.3 Å². The van der Waals surface area contributed by atoms with Crippen molar-refractivity contribution in [2.75, 3.05) is 47.5 Å². The van der Waals surface area contributed by atoms with Crippen molar-refractivity contribution in [3.63, 3.8) is 0 Å². The van der Waals surface area contributed by atoms with Crippen LogP contribution >= 0.6 is 0 Å². The maximum Gasteiger partial charge on any atom is 0.361 e. The first-order valence-corrected chi connectivity index (χ1v) is 29.6. The molecule has 0 radical (unpaired) electrons. The molecule has 2 unspecified atom stereocenters. The Morgan fingerprint density at radius 2 is 0.701 bits per heavy atom. The topological polar surface area (TPSA) is 108 Å². The van der Waals surface area contributed by atoms with Gasteiger partial charge in [-0.15, -0.1) is 0 Å². The van der Waals surface area contributed by atoms with Crippen LogP contribution in [0.4, 0.5) is 0 Å². The van der Waals surface area contributed by atoms with Gasteiger partial charge in [-0.3, -0.25) is 9.59 Å². The van der Waals surface area contributed by atoms with Crippen LogP contribution in [0, 0.1) is 0 Å². The van der Waals surface area contributed by atoms with E-state index in [-0.39, 0.29) is 38.6 Å². The molecule has 9 heteroatoms. The number of rotatable bonds is 52. The van der Waals surface area contributed by atoms with Crippen molar-refractivity contribution < 1.29 is 42.9 Å². The fourth-order valence-electron chi connectivity index (χ4n) is 7.29. The number of quaternary nitrogens is 1. The summed E-state index contributed by atoms with van der Waals surface area (Å²) in [6.45, 7) is 4.56. The Hall–Kier alpha value is -5.09. The van der Waals surface area contributed by atoms with E-state index < -0.39 is 24.3 Å². The summed E-state index contributed by atoms with van der Waals surface area (Å²) in [5.41, 5.74) is 0. The van der Waals surface area contributed by atoms with Gasteiger partial charge in [0.25, 0.3) is 6.29 Å². The Morgan fingerprint density at radius 3 is 1.05 bits per heavy atom. The molecule has 9 nitrogen and oxygen atoms in total. The molecule has 0 aromatic rings. The van der Waals surface area contributed by atoms with E-state index in [4.69, 9.17) is 18.9 Å². The van der Waals surface area contributed by atoms with Crippen LogP contribution in [0.15, 0.2) is 158 Å². The Kier molecular flexibility index (Phi) is 53.3. The molecule has 0 fully saturated rings. The van der Waals surface area contributed by atoms with Gasteiger partial charge in [-0.25, -0.2) is 4.79 Å².